The molecule has 5 N–H and O–H groups in total. The van der Waals surface area contributed by atoms with Crippen molar-refractivity contribution >= 4 is 18.2 Å². The van der Waals surface area contributed by atoms with Crippen LogP contribution in [0.3, 0.4) is 0 Å². The van der Waals surface area contributed by atoms with Gasteiger partial charge in [0, 0.05) is 18.3 Å². The van der Waals surface area contributed by atoms with E-state index >= 15 is 0 Å². The van der Waals surface area contributed by atoms with E-state index in [1.165, 1.54) is 0 Å². The van der Waals surface area contributed by atoms with Crippen molar-refractivity contribution in [2.24, 2.45) is 11.5 Å². The van der Waals surface area contributed by atoms with Gasteiger partial charge in [-0.25, -0.2) is 0 Å². The third-order valence-corrected chi connectivity index (χ3v) is 1.34. The normalized spacial score (nSPS) is 8.75. The van der Waals surface area contributed by atoms with E-state index in [0.29, 0.717) is 12.1 Å². The van der Waals surface area contributed by atoms with Gasteiger partial charge in [0.05, 0.1) is 5.69 Å². The fourth-order valence-corrected chi connectivity index (χ4v) is 0.705. The molecule has 0 saturated heterocycles. The first-order valence-electron chi connectivity index (χ1n) is 3.23. The zero-order valence-corrected chi connectivity index (χ0v) is 7.27. The van der Waals surface area contributed by atoms with Crippen LogP contribution in [-0.2, 0) is 6.54 Å². The van der Waals surface area contributed by atoms with Gasteiger partial charge >= 0.3 is 0 Å². The molecule has 0 atom stereocenters. The van der Waals surface area contributed by atoms with Gasteiger partial charge in [-0.2, -0.15) is 0 Å². The predicted molar refractivity (Wildman–Crippen MR) is 50.4 cm³/mol. The number of rotatable bonds is 2. The van der Waals surface area contributed by atoms with Crippen LogP contribution >= 0.6 is 12.4 Å². The number of nitrogen functional groups attached to an aromatic ring is 1. The van der Waals surface area contributed by atoms with Gasteiger partial charge in [0.2, 0.25) is 0 Å². The van der Waals surface area contributed by atoms with E-state index < -0.39 is 0 Å². The molecule has 0 saturated carbocycles. The van der Waals surface area contributed by atoms with Crippen molar-refractivity contribution in [3.63, 3.8) is 0 Å². The summed E-state index contributed by atoms with van der Waals surface area (Å²) in [5, 5.41) is 7.07. The number of hydrogen-bond donors (Lipinski definition) is 3. The Bertz CT molecular complexity index is 257. The first-order chi connectivity index (χ1) is 5.24. The summed E-state index contributed by atoms with van der Waals surface area (Å²) in [6.45, 7) is 0.415. The molecular formula is C7H11ClN4. The fraction of sp³-hybridized carbons (Fsp3) is 0.143. The topological polar surface area (TPSA) is 88.8 Å². The SMILES string of the molecule is Cl.N=C(N)c1ccc(CN)nc1. The highest BCUT2D eigenvalue weighted by atomic mass is 35.5. The number of amidine groups is 1. The number of nitrogens with one attached hydrogen (secondary N) is 1. The Labute approximate surface area is 76.9 Å². The Hall–Kier alpha value is -1.13. The maximum absolute atomic E-state index is 7.07. The molecule has 0 aliphatic rings. The Morgan fingerprint density at radius 2 is 2.17 bits per heavy atom. The van der Waals surface area contributed by atoms with Crippen molar-refractivity contribution in [1.29, 1.82) is 5.41 Å². The zero-order valence-electron chi connectivity index (χ0n) is 6.45. The molecule has 1 aromatic heterocycles. The van der Waals surface area contributed by atoms with E-state index in [-0.39, 0.29) is 18.2 Å². The highest BCUT2D eigenvalue weighted by Crippen LogP contribution is 1.97. The molecule has 0 aliphatic carbocycles. The quantitative estimate of drug-likeness (QED) is 0.457. The van der Waals surface area contributed by atoms with Crippen LogP contribution in [0.1, 0.15) is 11.3 Å². The minimum absolute atomic E-state index is 0. The third-order valence-electron chi connectivity index (χ3n) is 1.34. The van der Waals surface area contributed by atoms with E-state index in [1.54, 1.807) is 18.3 Å². The van der Waals surface area contributed by atoms with Crippen LogP contribution < -0.4 is 11.5 Å². The smallest absolute Gasteiger partial charge is 0.124 e. The van der Waals surface area contributed by atoms with Gasteiger partial charge in [-0.1, -0.05) is 0 Å². The molecule has 4 nitrogen and oxygen atoms in total. The van der Waals surface area contributed by atoms with E-state index in [2.05, 4.69) is 4.98 Å². The van der Waals surface area contributed by atoms with Gasteiger partial charge in [0.1, 0.15) is 5.84 Å². The lowest BCUT2D eigenvalue weighted by Crippen LogP contribution is -2.11. The van der Waals surface area contributed by atoms with Crippen molar-refractivity contribution in [3.8, 4) is 0 Å². The van der Waals surface area contributed by atoms with Crippen LogP contribution in [0, 0.1) is 5.41 Å². The van der Waals surface area contributed by atoms with Crippen LogP contribution in [0.4, 0.5) is 0 Å². The van der Waals surface area contributed by atoms with Gasteiger partial charge in [0.15, 0.2) is 0 Å². The van der Waals surface area contributed by atoms with Gasteiger partial charge in [0.25, 0.3) is 0 Å². The lowest BCUT2D eigenvalue weighted by atomic mass is 10.2. The number of aromatic nitrogens is 1. The highest BCUT2D eigenvalue weighted by molar-refractivity contribution is 5.94. The molecule has 0 aromatic carbocycles. The molecule has 0 aliphatic heterocycles. The van der Waals surface area contributed by atoms with Crippen molar-refractivity contribution < 1.29 is 0 Å². The number of nitrogens with two attached hydrogens (primary N) is 2. The van der Waals surface area contributed by atoms with Crippen molar-refractivity contribution in [3.05, 3.63) is 29.6 Å². The van der Waals surface area contributed by atoms with E-state index in [9.17, 15) is 0 Å². The highest BCUT2D eigenvalue weighted by Gasteiger charge is 1.95. The summed E-state index contributed by atoms with van der Waals surface area (Å²) in [6, 6.07) is 3.49. The van der Waals surface area contributed by atoms with Crippen LogP contribution in [0.5, 0.6) is 0 Å². The molecule has 66 valence electrons. The number of nitrogens with zero attached hydrogens (tertiary/aromatic N) is 1. The van der Waals surface area contributed by atoms with E-state index in [4.69, 9.17) is 16.9 Å². The van der Waals surface area contributed by atoms with Gasteiger partial charge in [-0.15, -0.1) is 12.4 Å². The summed E-state index contributed by atoms with van der Waals surface area (Å²) < 4.78 is 0. The average molecular weight is 187 g/mol. The maximum atomic E-state index is 7.07. The molecular weight excluding hydrogens is 176 g/mol. The molecule has 0 fully saturated rings. The molecule has 0 unspecified atom stereocenters. The standard InChI is InChI=1S/C7H10N4.ClH/c8-3-6-2-1-5(4-11-6)7(9)10;/h1-2,4H,3,8H2,(H3,9,10);1H. The Balaban J connectivity index is 0.00000121. The molecule has 0 radical (unpaired) electrons. The fourth-order valence-electron chi connectivity index (χ4n) is 0.705. The second-order valence-corrected chi connectivity index (χ2v) is 2.16. The molecule has 12 heavy (non-hydrogen) atoms. The summed E-state index contributed by atoms with van der Waals surface area (Å²) >= 11 is 0. The Morgan fingerprint density at radius 1 is 1.50 bits per heavy atom. The van der Waals surface area contributed by atoms with Crippen molar-refractivity contribution in [2.75, 3.05) is 0 Å². The number of hydrogen-bond acceptors (Lipinski definition) is 3. The van der Waals surface area contributed by atoms with Gasteiger partial charge in [-0.05, 0) is 12.1 Å². The summed E-state index contributed by atoms with van der Waals surface area (Å²) in [7, 11) is 0. The molecule has 5 heteroatoms. The van der Waals surface area contributed by atoms with Crippen molar-refractivity contribution in [1.82, 2.24) is 4.98 Å². The van der Waals surface area contributed by atoms with E-state index in [0.717, 1.165) is 5.69 Å². The molecule has 0 spiro atoms. The first-order valence-corrected chi connectivity index (χ1v) is 3.23. The van der Waals surface area contributed by atoms with Gasteiger partial charge < -0.3 is 11.5 Å². The lowest BCUT2D eigenvalue weighted by molar-refractivity contribution is 0.988. The first kappa shape index (κ1) is 10.9. The minimum Gasteiger partial charge on any atom is -0.384 e. The molecule has 1 aromatic rings. The van der Waals surface area contributed by atoms with Gasteiger partial charge in [-0.3, -0.25) is 10.4 Å². The molecule has 0 amide bonds. The summed E-state index contributed by atoms with van der Waals surface area (Å²) in [5.74, 6) is 0.0288. The summed E-state index contributed by atoms with van der Waals surface area (Å²) in [6.07, 6.45) is 1.55. The van der Waals surface area contributed by atoms with Crippen molar-refractivity contribution in [2.45, 2.75) is 6.54 Å². The molecule has 1 heterocycles. The lowest BCUT2D eigenvalue weighted by Gasteiger charge is -1.98. The number of pyridine rings is 1. The van der Waals surface area contributed by atoms with Crippen LogP contribution in [0.15, 0.2) is 18.3 Å². The maximum Gasteiger partial charge on any atom is 0.124 e. The van der Waals surface area contributed by atoms with E-state index in [1.807, 2.05) is 0 Å². The Kier molecular flexibility index (Phi) is 4.25. The summed E-state index contributed by atoms with van der Waals surface area (Å²) in [5.41, 5.74) is 12.0. The second-order valence-electron chi connectivity index (χ2n) is 2.16. The zero-order chi connectivity index (χ0) is 8.27. The minimum atomic E-state index is 0. The average Bonchev–Trinajstić information content (AvgIpc) is 2.05. The van der Waals surface area contributed by atoms with Crippen LogP contribution in [0.25, 0.3) is 0 Å². The monoisotopic (exact) mass is 186 g/mol. The third kappa shape index (κ3) is 2.48. The molecule has 1 rings (SSSR count). The Morgan fingerprint density at radius 3 is 2.50 bits per heavy atom. The summed E-state index contributed by atoms with van der Waals surface area (Å²) in [4.78, 5) is 3.97. The number of halogens is 1. The van der Waals surface area contributed by atoms with Crippen LogP contribution in [-0.4, -0.2) is 10.8 Å². The largest absolute Gasteiger partial charge is 0.384 e. The molecule has 0 bridgehead atoms. The van der Waals surface area contributed by atoms with Crippen LogP contribution in [0.2, 0.25) is 0 Å². The second kappa shape index (κ2) is 4.69. The predicted octanol–water partition coefficient (Wildman–Crippen LogP) is 0.246.